The minimum atomic E-state index is -1.89. The summed E-state index contributed by atoms with van der Waals surface area (Å²) in [7, 11) is 0. The zero-order valence-electron chi connectivity index (χ0n) is 39.3. The third kappa shape index (κ3) is 11.5. The molecule has 0 aliphatic carbocycles. The molecule has 7 heterocycles. The Morgan fingerprint density at radius 2 is 1.75 bits per heavy atom. The van der Waals surface area contributed by atoms with Crippen molar-refractivity contribution in [3.63, 3.8) is 0 Å². The summed E-state index contributed by atoms with van der Waals surface area (Å²) in [6.07, 6.45) is 9.97. The Balaban J connectivity index is 0.900. The van der Waals surface area contributed by atoms with Gasteiger partial charge in [-0.1, -0.05) is 58.2 Å². The van der Waals surface area contributed by atoms with Gasteiger partial charge in [-0.15, -0.1) is 0 Å². The average molecular weight is 913 g/mol. The van der Waals surface area contributed by atoms with E-state index in [0.717, 1.165) is 44.3 Å². The smallest absolute Gasteiger partial charge is 0.338 e. The number of rotatable bonds is 15. The molecule has 0 aromatic carbocycles. The average Bonchev–Trinajstić information content (AvgIpc) is 3.66. The van der Waals surface area contributed by atoms with Crippen molar-refractivity contribution in [2.75, 3.05) is 13.2 Å². The van der Waals surface area contributed by atoms with Crippen LogP contribution in [0.4, 0.5) is 0 Å². The standard InChI is InChI=1S/C51H76O14/c1-30-24-41(63-51(26-30)42(54)14-13-38(62-51)27-48(8,57)47(56)58-29-32(3)23-31(2)28-52)33(4)11-12-37-16-20-50(61-37)21-17-40-46(65-50)43(55)36(7)45(60-40)39(53)25-35(6)44-34(5)15-19-49(64-44)18-9-10-22-59-49/h11-12,26,28,33-35,37-46,53-55,57H,2-3,7,9-10,13-25,27,29H2,1,4-6,8H3/b12-11+/t33-,34-,35+,37?,38+,39+,40?,41+,42-,43-,44?,45+,46?,48-,49+,50-,51-/m1/s1. The molecule has 4 N–H and O–H groups in total. The third-order valence-corrected chi connectivity index (χ3v) is 15.0. The number of allylic oxidation sites excluding steroid dienone is 1. The van der Waals surface area contributed by atoms with Gasteiger partial charge >= 0.3 is 5.97 Å². The van der Waals surface area contributed by atoms with Crippen LogP contribution in [0.15, 0.2) is 60.3 Å². The van der Waals surface area contributed by atoms with Crippen LogP contribution < -0.4 is 0 Å². The van der Waals surface area contributed by atoms with Gasteiger partial charge in [0.25, 0.3) is 0 Å². The van der Waals surface area contributed by atoms with Crippen LogP contribution in [-0.4, -0.2) is 130 Å². The quantitative estimate of drug-likeness (QED) is 0.0614. The molecule has 14 nitrogen and oxygen atoms in total. The van der Waals surface area contributed by atoms with Crippen molar-refractivity contribution in [2.45, 2.75) is 215 Å². The van der Waals surface area contributed by atoms with Gasteiger partial charge in [0.15, 0.2) is 17.2 Å². The van der Waals surface area contributed by atoms with Crippen molar-refractivity contribution in [1.29, 1.82) is 0 Å². The number of aldehydes is 1. The number of hydrogen-bond donors (Lipinski definition) is 4. The summed E-state index contributed by atoms with van der Waals surface area (Å²) in [4.78, 5) is 23.8. The summed E-state index contributed by atoms with van der Waals surface area (Å²) in [5, 5.41) is 45.6. The molecule has 7 aliphatic heterocycles. The summed E-state index contributed by atoms with van der Waals surface area (Å²) >= 11 is 0. The van der Waals surface area contributed by atoms with E-state index in [2.05, 4.69) is 39.7 Å². The van der Waals surface area contributed by atoms with Crippen molar-refractivity contribution in [3.05, 3.63) is 60.3 Å². The Bertz CT molecular complexity index is 1800. The van der Waals surface area contributed by atoms with Gasteiger partial charge in [0.2, 0.25) is 5.79 Å². The normalized spacial score (nSPS) is 41.1. The molecule has 0 amide bonds. The molecule has 4 unspecified atom stereocenters. The number of ether oxygens (including phenoxy) is 8. The summed E-state index contributed by atoms with van der Waals surface area (Å²) in [5.74, 6) is -3.44. The number of esters is 1. The number of aliphatic hydroxyl groups excluding tert-OH is 3. The number of carbonyl (C=O) groups is 2. The molecular formula is C51H76O14. The van der Waals surface area contributed by atoms with E-state index in [4.69, 9.17) is 37.9 Å². The van der Waals surface area contributed by atoms with Crippen LogP contribution in [-0.2, 0) is 47.5 Å². The molecule has 0 aromatic heterocycles. The van der Waals surface area contributed by atoms with Crippen LogP contribution in [0.25, 0.3) is 0 Å². The molecule has 0 saturated carbocycles. The molecule has 364 valence electrons. The SMILES string of the molecule is C=C(C=O)CC(=C)COC(=O)[C@](C)(O)C[C@@H]1CC[C@@H](O)[C@]2(C=C(C)C[C@@H]([C@H](C)/C=C/C3CC[C@@]4(CCC5O[C@H]([C@@H](O)C[C@H](C)C6O[C@@]7(CCCCO7)CC[C@H]6C)C(=C)[C@@H](O)C5O4)O3)O2)O1. The van der Waals surface area contributed by atoms with Crippen LogP contribution in [0.2, 0.25) is 0 Å². The Kier molecular flexibility index (Phi) is 15.9. The Morgan fingerprint density at radius 3 is 2.49 bits per heavy atom. The van der Waals surface area contributed by atoms with E-state index in [1.54, 1.807) is 6.08 Å². The number of hydrogen-bond acceptors (Lipinski definition) is 14. The van der Waals surface area contributed by atoms with Crippen molar-refractivity contribution in [2.24, 2.45) is 17.8 Å². The predicted molar refractivity (Wildman–Crippen MR) is 240 cm³/mol. The zero-order chi connectivity index (χ0) is 46.9. The van der Waals surface area contributed by atoms with E-state index in [0.29, 0.717) is 80.3 Å². The molecule has 14 heteroatoms. The summed E-state index contributed by atoms with van der Waals surface area (Å²) in [5.41, 5.74) is 0.291. The topological polar surface area (TPSA) is 189 Å². The molecule has 6 saturated heterocycles. The lowest BCUT2D eigenvalue weighted by Gasteiger charge is -2.50. The van der Waals surface area contributed by atoms with E-state index in [9.17, 15) is 30.0 Å². The second-order valence-corrected chi connectivity index (χ2v) is 20.8. The number of carbonyl (C=O) groups excluding carboxylic acids is 2. The van der Waals surface area contributed by atoms with Crippen molar-refractivity contribution >= 4 is 12.3 Å². The first-order chi connectivity index (χ1) is 30.8. The van der Waals surface area contributed by atoms with Gasteiger partial charge in [-0.05, 0) is 113 Å². The molecule has 0 bridgehead atoms. The maximum Gasteiger partial charge on any atom is 0.338 e. The van der Waals surface area contributed by atoms with Crippen LogP contribution in [0, 0.1) is 17.8 Å². The van der Waals surface area contributed by atoms with Crippen LogP contribution in [0.5, 0.6) is 0 Å². The van der Waals surface area contributed by atoms with Crippen molar-refractivity contribution < 1.29 is 67.9 Å². The first-order valence-electron chi connectivity index (χ1n) is 24.2. The molecule has 0 radical (unpaired) electrons. The van der Waals surface area contributed by atoms with Gasteiger partial charge in [-0.25, -0.2) is 4.79 Å². The second kappa shape index (κ2) is 20.6. The van der Waals surface area contributed by atoms with E-state index < -0.39 is 71.7 Å². The zero-order valence-corrected chi connectivity index (χ0v) is 39.3. The molecule has 3 spiro atoms. The van der Waals surface area contributed by atoms with Crippen molar-refractivity contribution in [1.82, 2.24) is 0 Å². The van der Waals surface area contributed by atoms with Crippen LogP contribution >= 0.6 is 0 Å². The molecule has 7 rings (SSSR count). The highest BCUT2D eigenvalue weighted by molar-refractivity contribution is 5.79. The van der Waals surface area contributed by atoms with E-state index >= 15 is 0 Å². The molecule has 65 heavy (non-hydrogen) atoms. The first kappa shape index (κ1) is 50.3. The highest BCUT2D eigenvalue weighted by atomic mass is 16.7. The summed E-state index contributed by atoms with van der Waals surface area (Å²) in [6, 6.07) is 0. The molecule has 6 fully saturated rings. The lowest BCUT2D eigenvalue weighted by Crippen LogP contribution is -2.60. The highest BCUT2D eigenvalue weighted by Gasteiger charge is 2.55. The maximum atomic E-state index is 12.9. The lowest BCUT2D eigenvalue weighted by atomic mass is 9.79. The lowest BCUT2D eigenvalue weighted by molar-refractivity contribution is -0.321. The molecular weight excluding hydrogens is 837 g/mol. The number of fused-ring (bicyclic) bond motifs is 1. The maximum absolute atomic E-state index is 12.9. The molecule has 7 aliphatic rings. The van der Waals surface area contributed by atoms with Gasteiger partial charge in [0.05, 0.1) is 43.2 Å². The Hall–Kier alpha value is -2.60. The number of aliphatic hydroxyl groups is 4. The van der Waals surface area contributed by atoms with Crippen LogP contribution in [0.1, 0.15) is 131 Å². The Morgan fingerprint density at radius 1 is 1.00 bits per heavy atom. The highest BCUT2D eigenvalue weighted by Crippen LogP contribution is 2.47. The van der Waals surface area contributed by atoms with Gasteiger partial charge < -0.3 is 58.3 Å². The fourth-order valence-corrected chi connectivity index (χ4v) is 11.3. The summed E-state index contributed by atoms with van der Waals surface area (Å²) < 4.78 is 51.0. The molecule has 17 atom stereocenters. The second-order valence-electron chi connectivity index (χ2n) is 20.8. The minimum Gasteiger partial charge on any atom is -0.459 e. The van der Waals surface area contributed by atoms with Gasteiger partial charge in [-0.2, -0.15) is 0 Å². The molecule has 0 aromatic rings. The predicted octanol–water partition coefficient (Wildman–Crippen LogP) is 6.37. The van der Waals surface area contributed by atoms with Crippen molar-refractivity contribution in [3.8, 4) is 0 Å². The van der Waals surface area contributed by atoms with Gasteiger partial charge in [0.1, 0.15) is 37.3 Å². The fourth-order valence-electron chi connectivity index (χ4n) is 11.3. The van der Waals surface area contributed by atoms with Crippen LogP contribution in [0.3, 0.4) is 0 Å². The third-order valence-electron chi connectivity index (χ3n) is 15.0. The largest absolute Gasteiger partial charge is 0.459 e. The Labute approximate surface area is 385 Å². The van der Waals surface area contributed by atoms with Gasteiger partial charge in [-0.3, -0.25) is 4.79 Å². The van der Waals surface area contributed by atoms with E-state index in [-0.39, 0.29) is 49.6 Å². The van der Waals surface area contributed by atoms with E-state index in [1.807, 2.05) is 19.9 Å². The monoisotopic (exact) mass is 913 g/mol. The first-order valence-corrected chi connectivity index (χ1v) is 24.2. The fraction of sp³-hybridized carbons (Fsp3) is 0.765. The summed E-state index contributed by atoms with van der Waals surface area (Å²) in [6.45, 7) is 21.9. The van der Waals surface area contributed by atoms with E-state index in [1.165, 1.54) is 6.92 Å². The minimum absolute atomic E-state index is 0.0414. The van der Waals surface area contributed by atoms with Gasteiger partial charge in [0, 0.05) is 38.0 Å².